The summed E-state index contributed by atoms with van der Waals surface area (Å²) < 4.78 is 10.7. The van der Waals surface area contributed by atoms with Crippen molar-refractivity contribution in [3.8, 4) is 5.75 Å². The molecule has 2 amide bonds. The highest BCUT2D eigenvalue weighted by Crippen LogP contribution is 2.30. The number of nitrogens with one attached hydrogen (secondary N) is 3. The van der Waals surface area contributed by atoms with Crippen molar-refractivity contribution >= 4 is 23.2 Å². The zero-order valence-electron chi connectivity index (χ0n) is 15.9. The molecule has 3 rings (SSSR count). The lowest BCUT2D eigenvalue weighted by molar-refractivity contribution is -0.120. The van der Waals surface area contributed by atoms with Crippen LogP contribution in [-0.4, -0.2) is 44.7 Å². The first kappa shape index (κ1) is 19.6. The summed E-state index contributed by atoms with van der Waals surface area (Å²) in [7, 11) is 1.57. The molecule has 0 bridgehead atoms. The first-order valence-electron chi connectivity index (χ1n) is 9.75. The van der Waals surface area contributed by atoms with E-state index in [1.54, 1.807) is 25.3 Å². The topological polar surface area (TPSA) is 88.7 Å². The van der Waals surface area contributed by atoms with Crippen molar-refractivity contribution < 1.29 is 19.1 Å². The summed E-state index contributed by atoms with van der Waals surface area (Å²) in [4.78, 5) is 24.8. The molecule has 0 spiro atoms. The molecule has 2 aliphatic rings. The maximum atomic E-state index is 12.6. The Balaban J connectivity index is 1.61. The fraction of sp³-hybridized carbons (Fsp3) is 0.600. The van der Waals surface area contributed by atoms with Gasteiger partial charge in [0.15, 0.2) is 0 Å². The van der Waals surface area contributed by atoms with Gasteiger partial charge in [0.25, 0.3) is 0 Å². The molecule has 1 unspecified atom stereocenters. The third-order valence-electron chi connectivity index (χ3n) is 5.15. The molecule has 3 N–H and O–H groups in total. The van der Waals surface area contributed by atoms with E-state index in [0.29, 0.717) is 36.8 Å². The minimum absolute atomic E-state index is 0.0278. The van der Waals surface area contributed by atoms with Crippen LogP contribution < -0.4 is 20.7 Å². The number of amides is 2. The number of hydrogen-bond acceptors (Lipinski definition) is 5. The van der Waals surface area contributed by atoms with Crippen molar-refractivity contribution in [1.29, 1.82) is 0 Å². The lowest BCUT2D eigenvalue weighted by Crippen LogP contribution is -2.43. The number of methoxy groups -OCH3 is 1. The van der Waals surface area contributed by atoms with Crippen LogP contribution in [-0.2, 0) is 14.3 Å². The number of anilines is 2. The summed E-state index contributed by atoms with van der Waals surface area (Å²) in [5.74, 6) is 0.575. The highest BCUT2D eigenvalue weighted by molar-refractivity contribution is 5.96. The first-order chi connectivity index (χ1) is 13.2. The predicted octanol–water partition coefficient (Wildman–Crippen LogP) is 2.53. The van der Waals surface area contributed by atoms with Crippen molar-refractivity contribution in [3.05, 3.63) is 18.2 Å². The van der Waals surface area contributed by atoms with Gasteiger partial charge in [-0.25, -0.2) is 0 Å². The second-order valence-electron chi connectivity index (χ2n) is 7.22. The van der Waals surface area contributed by atoms with Crippen molar-refractivity contribution in [2.24, 2.45) is 5.92 Å². The Kier molecular flexibility index (Phi) is 7.06. The summed E-state index contributed by atoms with van der Waals surface area (Å²) in [6.07, 6.45) is 5.61. The molecule has 1 atom stereocenters. The van der Waals surface area contributed by atoms with Gasteiger partial charge in [-0.05, 0) is 31.0 Å². The first-order valence-corrected chi connectivity index (χ1v) is 9.75. The molecule has 7 heteroatoms. The monoisotopic (exact) mass is 375 g/mol. The number of morpholine rings is 1. The predicted molar refractivity (Wildman–Crippen MR) is 104 cm³/mol. The number of benzene rings is 1. The van der Waals surface area contributed by atoms with E-state index in [1.807, 2.05) is 0 Å². The van der Waals surface area contributed by atoms with Gasteiger partial charge >= 0.3 is 0 Å². The second-order valence-corrected chi connectivity index (χ2v) is 7.22. The molecule has 148 valence electrons. The summed E-state index contributed by atoms with van der Waals surface area (Å²) in [6.45, 7) is 1.98. The summed E-state index contributed by atoms with van der Waals surface area (Å²) in [5, 5.41) is 9.14. The van der Waals surface area contributed by atoms with Crippen LogP contribution in [0.25, 0.3) is 0 Å². The minimum atomic E-state index is -0.0901. The molecule has 1 heterocycles. The number of hydrogen-bond donors (Lipinski definition) is 3. The van der Waals surface area contributed by atoms with Gasteiger partial charge in [-0.15, -0.1) is 0 Å². The molecule has 1 aromatic carbocycles. The summed E-state index contributed by atoms with van der Waals surface area (Å²) in [6, 6.07) is 5.32. The second kappa shape index (κ2) is 9.71. The van der Waals surface area contributed by atoms with Gasteiger partial charge in [-0.2, -0.15) is 0 Å². The molecule has 1 saturated carbocycles. The molecule has 0 aromatic heterocycles. The van der Waals surface area contributed by atoms with Crippen LogP contribution in [0.5, 0.6) is 5.75 Å². The molecule has 1 saturated heterocycles. The van der Waals surface area contributed by atoms with Gasteiger partial charge in [0.1, 0.15) is 5.75 Å². The molecule has 7 nitrogen and oxygen atoms in total. The van der Waals surface area contributed by atoms with Crippen LogP contribution in [0, 0.1) is 5.92 Å². The fourth-order valence-electron chi connectivity index (χ4n) is 3.67. The molecule has 1 aliphatic carbocycles. The van der Waals surface area contributed by atoms with E-state index in [9.17, 15) is 9.59 Å². The van der Waals surface area contributed by atoms with Gasteiger partial charge in [0.05, 0.1) is 26.0 Å². The average molecular weight is 375 g/mol. The van der Waals surface area contributed by atoms with Crippen molar-refractivity contribution in [1.82, 2.24) is 5.32 Å². The van der Waals surface area contributed by atoms with Crippen LogP contribution in [0.1, 0.15) is 38.5 Å². The van der Waals surface area contributed by atoms with E-state index >= 15 is 0 Å². The highest BCUT2D eigenvalue weighted by atomic mass is 16.5. The Morgan fingerprint density at radius 2 is 2.04 bits per heavy atom. The summed E-state index contributed by atoms with van der Waals surface area (Å²) in [5.41, 5.74) is 1.22. The largest absolute Gasteiger partial charge is 0.495 e. The smallest absolute Gasteiger partial charge is 0.227 e. The molecular weight excluding hydrogens is 346 g/mol. The lowest BCUT2D eigenvalue weighted by Gasteiger charge is -2.23. The fourth-order valence-corrected chi connectivity index (χ4v) is 3.67. The number of rotatable bonds is 6. The van der Waals surface area contributed by atoms with Crippen LogP contribution >= 0.6 is 0 Å². The van der Waals surface area contributed by atoms with Gasteiger partial charge in [-0.1, -0.05) is 19.3 Å². The minimum Gasteiger partial charge on any atom is -0.495 e. The normalized spacial score (nSPS) is 20.7. The Morgan fingerprint density at radius 3 is 2.74 bits per heavy atom. The van der Waals surface area contributed by atoms with E-state index < -0.39 is 0 Å². The third-order valence-corrected chi connectivity index (χ3v) is 5.15. The van der Waals surface area contributed by atoms with Crippen LogP contribution in [0.2, 0.25) is 0 Å². The van der Waals surface area contributed by atoms with Gasteiger partial charge < -0.3 is 25.4 Å². The van der Waals surface area contributed by atoms with Crippen molar-refractivity contribution in [2.45, 2.75) is 44.6 Å². The maximum Gasteiger partial charge on any atom is 0.227 e. The van der Waals surface area contributed by atoms with Crippen LogP contribution in [0.15, 0.2) is 18.2 Å². The number of ether oxygens (including phenoxy) is 2. The van der Waals surface area contributed by atoms with Gasteiger partial charge in [0.2, 0.25) is 11.8 Å². The van der Waals surface area contributed by atoms with Crippen molar-refractivity contribution in [2.75, 3.05) is 37.5 Å². The van der Waals surface area contributed by atoms with E-state index in [2.05, 4.69) is 16.0 Å². The SMILES string of the molecule is COc1ccc(NC(=O)CC2COCCN2)cc1NC(=O)C1CCCCC1. The quantitative estimate of drug-likeness (QED) is 0.711. The molecular formula is C20H29N3O4. The zero-order valence-corrected chi connectivity index (χ0v) is 15.9. The zero-order chi connectivity index (χ0) is 19.1. The van der Waals surface area contributed by atoms with Crippen LogP contribution in [0.4, 0.5) is 11.4 Å². The van der Waals surface area contributed by atoms with E-state index in [-0.39, 0.29) is 23.8 Å². The Bertz CT molecular complexity index is 653. The number of carbonyl (C=O) groups is 2. The Morgan fingerprint density at radius 1 is 1.22 bits per heavy atom. The van der Waals surface area contributed by atoms with Gasteiger partial charge in [0, 0.05) is 30.6 Å². The van der Waals surface area contributed by atoms with Gasteiger partial charge in [-0.3, -0.25) is 9.59 Å². The highest BCUT2D eigenvalue weighted by Gasteiger charge is 2.22. The van der Waals surface area contributed by atoms with E-state index in [4.69, 9.17) is 9.47 Å². The molecule has 1 aromatic rings. The summed E-state index contributed by atoms with van der Waals surface area (Å²) >= 11 is 0. The van der Waals surface area contributed by atoms with E-state index in [1.165, 1.54) is 6.42 Å². The van der Waals surface area contributed by atoms with Crippen molar-refractivity contribution in [3.63, 3.8) is 0 Å². The number of carbonyl (C=O) groups excluding carboxylic acids is 2. The average Bonchev–Trinajstić information content (AvgIpc) is 2.69. The molecule has 2 fully saturated rings. The third kappa shape index (κ3) is 5.68. The standard InChI is InChI=1S/C20H29N3O4/c1-26-18-8-7-15(22-19(24)12-16-13-27-10-9-21-16)11-17(18)23-20(25)14-5-3-2-4-6-14/h7-8,11,14,16,21H,2-6,9-10,12-13H2,1H3,(H,22,24)(H,23,25). The molecule has 0 radical (unpaired) electrons. The molecule has 1 aliphatic heterocycles. The molecule has 27 heavy (non-hydrogen) atoms. The lowest BCUT2D eigenvalue weighted by atomic mass is 9.88. The Labute approximate surface area is 160 Å². The maximum absolute atomic E-state index is 12.6. The Hall–Kier alpha value is -2.12. The van der Waals surface area contributed by atoms with E-state index in [0.717, 1.165) is 32.2 Å². The van der Waals surface area contributed by atoms with Crippen LogP contribution in [0.3, 0.4) is 0 Å².